The first-order valence-electron chi connectivity index (χ1n) is 8.65. The molecule has 0 aliphatic heterocycles. The van der Waals surface area contributed by atoms with Crippen LogP contribution >= 0.6 is 0 Å². The van der Waals surface area contributed by atoms with E-state index in [1.807, 2.05) is 42.5 Å². The highest BCUT2D eigenvalue weighted by molar-refractivity contribution is 5.96. The second kappa shape index (κ2) is 7.79. The highest BCUT2D eigenvalue weighted by Crippen LogP contribution is 2.24. The second-order valence-electron chi connectivity index (χ2n) is 6.20. The normalized spacial score (nSPS) is 10.6. The molecular formula is C21H16FN5O. The molecule has 0 aliphatic carbocycles. The predicted molar refractivity (Wildman–Crippen MR) is 102 cm³/mol. The van der Waals surface area contributed by atoms with Crippen molar-refractivity contribution in [2.24, 2.45) is 0 Å². The van der Waals surface area contributed by atoms with Crippen LogP contribution in [0.15, 0.2) is 79.1 Å². The first-order valence-corrected chi connectivity index (χ1v) is 8.65. The van der Waals surface area contributed by atoms with Crippen LogP contribution in [0, 0.1) is 5.82 Å². The van der Waals surface area contributed by atoms with E-state index in [1.165, 1.54) is 23.1 Å². The molecule has 0 atom stereocenters. The zero-order valence-electron chi connectivity index (χ0n) is 14.8. The highest BCUT2D eigenvalue weighted by atomic mass is 19.1. The monoisotopic (exact) mass is 373 g/mol. The van der Waals surface area contributed by atoms with E-state index in [0.29, 0.717) is 16.8 Å². The summed E-state index contributed by atoms with van der Waals surface area (Å²) in [4.78, 5) is 12.7. The van der Waals surface area contributed by atoms with Crippen LogP contribution < -0.4 is 5.32 Å². The first kappa shape index (κ1) is 17.5. The lowest BCUT2D eigenvalue weighted by Crippen LogP contribution is -2.23. The Morgan fingerprint density at radius 1 is 0.964 bits per heavy atom. The van der Waals surface area contributed by atoms with Crippen LogP contribution in [0.3, 0.4) is 0 Å². The number of hydrogen-bond donors (Lipinski definition) is 1. The van der Waals surface area contributed by atoms with E-state index in [4.69, 9.17) is 0 Å². The van der Waals surface area contributed by atoms with Crippen LogP contribution in [0.4, 0.5) is 4.39 Å². The summed E-state index contributed by atoms with van der Waals surface area (Å²) in [5, 5.41) is 14.0. The Hall–Kier alpha value is -3.87. The Kier molecular flexibility index (Phi) is 4.88. The number of halogens is 1. The summed E-state index contributed by atoms with van der Waals surface area (Å²) in [7, 11) is 0. The standard InChI is InChI=1S/C21H16FN5O/c22-19-8-4-5-15(9-19)13-23-21(28)18-10-17(16-6-2-1-3-7-16)11-20(12-18)27-14-24-25-26-27/h1-12,14H,13H2,(H,23,28). The van der Waals surface area contributed by atoms with Crippen molar-refractivity contribution in [1.29, 1.82) is 0 Å². The van der Waals surface area contributed by atoms with E-state index >= 15 is 0 Å². The number of carbonyl (C=O) groups excluding carboxylic acids is 1. The Morgan fingerprint density at radius 2 is 1.82 bits per heavy atom. The third-order valence-corrected chi connectivity index (χ3v) is 4.24. The molecule has 1 N–H and O–H groups in total. The molecule has 0 aliphatic rings. The number of rotatable bonds is 5. The van der Waals surface area contributed by atoms with Gasteiger partial charge in [0.1, 0.15) is 12.1 Å². The van der Waals surface area contributed by atoms with Gasteiger partial charge in [-0.3, -0.25) is 4.79 Å². The zero-order valence-corrected chi connectivity index (χ0v) is 14.8. The Balaban J connectivity index is 1.65. The number of nitrogens with zero attached hydrogens (tertiary/aromatic N) is 4. The number of hydrogen-bond acceptors (Lipinski definition) is 4. The molecule has 4 rings (SSSR count). The summed E-state index contributed by atoms with van der Waals surface area (Å²) in [6, 6.07) is 21.3. The van der Waals surface area contributed by atoms with Crippen molar-refractivity contribution in [3.63, 3.8) is 0 Å². The molecule has 4 aromatic rings. The van der Waals surface area contributed by atoms with Gasteiger partial charge < -0.3 is 5.32 Å². The maximum Gasteiger partial charge on any atom is 0.251 e. The number of benzene rings is 3. The van der Waals surface area contributed by atoms with Crippen molar-refractivity contribution in [2.45, 2.75) is 6.54 Å². The van der Waals surface area contributed by atoms with Gasteiger partial charge in [-0.05, 0) is 57.4 Å². The van der Waals surface area contributed by atoms with Crippen molar-refractivity contribution >= 4 is 5.91 Å². The number of nitrogens with one attached hydrogen (secondary N) is 1. The van der Waals surface area contributed by atoms with E-state index in [9.17, 15) is 9.18 Å². The van der Waals surface area contributed by atoms with E-state index in [1.54, 1.807) is 18.2 Å². The van der Waals surface area contributed by atoms with Gasteiger partial charge in [-0.2, -0.15) is 0 Å². The van der Waals surface area contributed by atoms with Crippen LogP contribution in [-0.4, -0.2) is 26.1 Å². The molecule has 0 spiro atoms. The molecule has 0 saturated carbocycles. The fourth-order valence-electron chi connectivity index (χ4n) is 2.88. The number of amides is 1. The van der Waals surface area contributed by atoms with Crippen LogP contribution in [0.1, 0.15) is 15.9 Å². The molecule has 1 aromatic heterocycles. The van der Waals surface area contributed by atoms with Crippen LogP contribution in [0.2, 0.25) is 0 Å². The van der Waals surface area contributed by atoms with Crippen LogP contribution in [-0.2, 0) is 6.54 Å². The van der Waals surface area contributed by atoms with Gasteiger partial charge >= 0.3 is 0 Å². The number of aromatic nitrogens is 4. The maximum atomic E-state index is 13.3. The van der Waals surface area contributed by atoms with Crippen LogP contribution in [0.5, 0.6) is 0 Å². The number of carbonyl (C=O) groups is 1. The molecule has 0 fully saturated rings. The van der Waals surface area contributed by atoms with Gasteiger partial charge in [-0.25, -0.2) is 9.07 Å². The van der Waals surface area contributed by atoms with E-state index < -0.39 is 0 Å². The molecule has 0 unspecified atom stereocenters. The molecule has 0 radical (unpaired) electrons. The van der Waals surface area contributed by atoms with Crippen molar-refractivity contribution in [3.05, 3.63) is 96.1 Å². The summed E-state index contributed by atoms with van der Waals surface area (Å²) >= 11 is 0. The van der Waals surface area contributed by atoms with Crippen molar-refractivity contribution < 1.29 is 9.18 Å². The zero-order chi connectivity index (χ0) is 19.3. The lowest BCUT2D eigenvalue weighted by atomic mass is 10.0. The molecule has 1 heterocycles. The van der Waals surface area contributed by atoms with Crippen molar-refractivity contribution in [1.82, 2.24) is 25.5 Å². The van der Waals surface area contributed by atoms with Gasteiger partial charge in [0.05, 0.1) is 5.69 Å². The van der Waals surface area contributed by atoms with E-state index in [0.717, 1.165) is 11.1 Å². The summed E-state index contributed by atoms with van der Waals surface area (Å²) in [5.74, 6) is -0.602. The van der Waals surface area contributed by atoms with Crippen LogP contribution in [0.25, 0.3) is 16.8 Å². The van der Waals surface area contributed by atoms with Gasteiger partial charge in [-0.1, -0.05) is 42.5 Å². The smallest absolute Gasteiger partial charge is 0.251 e. The average molecular weight is 373 g/mol. The quantitative estimate of drug-likeness (QED) is 0.582. The van der Waals surface area contributed by atoms with Gasteiger partial charge in [-0.15, -0.1) is 5.10 Å². The molecule has 0 saturated heterocycles. The summed E-state index contributed by atoms with van der Waals surface area (Å²) in [6.07, 6.45) is 1.47. The second-order valence-corrected chi connectivity index (χ2v) is 6.20. The van der Waals surface area contributed by atoms with E-state index in [-0.39, 0.29) is 18.3 Å². The molecule has 6 nitrogen and oxygen atoms in total. The molecule has 3 aromatic carbocycles. The molecule has 138 valence electrons. The van der Waals surface area contributed by atoms with Gasteiger partial charge in [0, 0.05) is 12.1 Å². The lowest BCUT2D eigenvalue weighted by Gasteiger charge is -2.11. The van der Waals surface area contributed by atoms with Crippen molar-refractivity contribution in [3.8, 4) is 16.8 Å². The molecular weight excluding hydrogens is 357 g/mol. The van der Waals surface area contributed by atoms with Crippen molar-refractivity contribution in [2.75, 3.05) is 0 Å². The molecule has 7 heteroatoms. The largest absolute Gasteiger partial charge is 0.348 e. The minimum atomic E-state index is -0.334. The SMILES string of the molecule is O=C(NCc1cccc(F)c1)c1cc(-c2ccccc2)cc(-n2cnnn2)c1. The van der Waals surface area contributed by atoms with Gasteiger partial charge in [0.2, 0.25) is 0 Å². The van der Waals surface area contributed by atoms with Gasteiger partial charge in [0.15, 0.2) is 0 Å². The minimum absolute atomic E-state index is 0.229. The fraction of sp³-hybridized carbons (Fsp3) is 0.0476. The summed E-state index contributed by atoms with van der Waals surface area (Å²) < 4.78 is 14.8. The lowest BCUT2D eigenvalue weighted by molar-refractivity contribution is 0.0951. The summed E-state index contributed by atoms with van der Waals surface area (Å²) in [5.41, 5.74) is 3.65. The highest BCUT2D eigenvalue weighted by Gasteiger charge is 2.12. The maximum absolute atomic E-state index is 13.3. The van der Waals surface area contributed by atoms with Gasteiger partial charge in [0.25, 0.3) is 5.91 Å². The molecule has 28 heavy (non-hydrogen) atoms. The Morgan fingerprint density at radius 3 is 2.57 bits per heavy atom. The predicted octanol–water partition coefficient (Wildman–Crippen LogP) is 3.40. The summed E-state index contributed by atoms with van der Waals surface area (Å²) in [6.45, 7) is 0.229. The third-order valence-electron chi connectivity index (χ3n) is 4.24. The minimum Gasteiger partial charge on any atom is -0.348 e. The third kappa shape index (κ3) is 3.93. The Labute approximate surface area is 160 Å². The first-order chi connectivity index (χ1) is 13.7. The molecule has 0 bridgehead atoms. The Bertz CT molecular complexity index is 1100. The van der Waals surface area contributed by atoms with E-state index in [2.05, 4.69) is 20.8 Å². The average Bonchev–Trinajstić information content (AvgIpc) is 3.27. The number of tetrazole rings is 1. The topological polar surface area (TPSA) is 72.7 Å². The fourth-order valence-corrected chi connectivity index (χ4v) is 2.88. The molecule has 1 amide bonds.